The van der Waals surface area contributed by atoms with Crippen molar-refractivity contribution in [2.24, 2.45) is 5.92 Å². The van der Waals surface area contributed by atoms with Gasteiger partial charge in [0.15, 0.2) is 0 Å². The number of ether oxygens (including phenoxy) is 1. The Morgan fingerprint density at radius 3 is 2.53 bits per heavy atom. The number of hydrogen-bond acceptors (Lipinski definition) is 10. The number of aromatic nitrogens is 5. The molecule has 1 aliphatic rings. The van der Waals surface area contributed by atoms with Crippen molar-refractivity contribution in [2.75, 3.05) is 48.9 Å². The van der Waals surface area contributed by atoms with Crippen molar-refractivity contribution < 1.29 is 22.4 Å². The highest BCUT2D eigenvalue weighted by Gasteiger charge is 2.28. The number of para-hydroxylation sites is 1. The molecule has 0 bridgehead atoms. The van der Waals surface area contributed by atoms with Crippen LogP contribution in [0.3, 0.4) is 0 Å². The summed E-state index contributed by atoms with van der Waals surface area (Å²) in [5, 5.41) is 3.99. The molecular formula is C21H25F3N8O2. The van der Waals surface area contributed by atoms with E-state index in [1.165, 1.54) is 0 Å². The van der Waals surface area contributed by atoms with E-state index in [-0.39, 0.29) is 30.1 Å². The lowest BCUT2D eigenvalue weighted by Gasteiger charge is -2.30. The Morgan fingerprint density at radius 2 is 1.82 bits per heavy atom. The molecule has 13 heteroatoms. The molecule has 1 saturated heterocycles. The summed E-state index contributed by atoms with van der Waals surface area (Å²) in [4.78, 5) is 20.9. The number of nitrogens with two attached hydrogens (primary N) is 1. The predicted molar refractivity (Wildman–Crippen MR) is 118 cm³/mol. The molecule has 182 valence electrons. The zero-order chi connectivity index (χ0) is 24.1. The molecule has 1 fully saturated rings. The van der Waals surface area contributed by atoms with Gasteiger partial charge in [0.2, 0.25) is 23.5 Å². The van der Waals surface area contributed by atoms with Gasteiger partial charge >= 0.3 is 12.2 Å². The molecule has 0 atom stereocenters. The molecule has 0 radical (unpaired) electrons. The summed E-state index contributed by atoms with van der Waals surface area (Å²) in [5.74, 6) is 0.927. The molecule has 1 aromatic carbocycles. The average molecular weight is 478 g/mol. The first kappa shape index (κ1) is 23.7. The molecule has 2 N–H and O–H groups in total. The number of nitrogen functional groups attached to an aromatic ring is 1. The summed E-state index contributed by atoms with van der Waals surface area (Å²) in [7, 11) is 1.81. The number of piperidine rings is 1. The van der Waals surface area contributed by atoms with Gasteiger partial charge in [-0.05, 0) is 30.9 Å². The largest absolute Gasteiger partial charge is 0.391 e. The highest BCUT2D eigenvalue weighted by Crippen LogP contribution is 2.26. The SMILES string of the molecule is CN(c1ccccc1)c1nc(N)nc(-c2noc(N3CCC(COCCC(F)(F)F)CC3)n2)n1. The highest BCUT2D eigenvalue weighted by atomic mass is 19.4. The molecule has 1 aliphatic heterocycles. The maximum absolute atomic E-state index is 12.2. The Hall–Kier alpha value is -3.48. The van der Waals surface area contributed by atoms with Crippen LogP contribution < -0.4 is 15.5 Å². The van der Waals surface area contributed by atoms with Gasteiger partial charge in [-0.15, -0.1) is 0 Å². The molecule has 10 nitrogen and oxygen atoms in total. The van der Waals surface area contributed by atoms with E-state index < -0.39 is 12.6 Å². The molecule has 34 heavy (non-hydrogen) atoms. The van der Waals surface area contributed by atoms with Crippen molar-refractivity contribution in [2.45, 2.75) is 25.4 Å². The van der Waals surface area contributed by atoms with Gasteiger partial charge in [0.1, 0.15) is 0 Å². The van der Waals surface area contributed by atoms with Crippen LogP contribution in [0, 0.1) is 5.92 Å². The van der Waals surface area contributed by atoms with Gasteiger partial charge in [0.25, 0.3) is 0 Å². The fraction of sp³-hybridized carbons (Fsp3) is 0.476. The lowest BCUT2D eigenvalue weighted by atomic mass is 9.98. The summed E-state index contributed by atoms with van der Waals surface area (Å²) in [6.07, 6.45) is -3.64. The number of alkyl halides is 3. The van der Waals surface area contributed by atoms with Crippen LogP contribution in [-0.2, 0) is 4.74 Å². The number of nitrogens with zero attached hydrogens (tertiary/aromatic N) is 7. The fourth-order valence-electron chi connectivity index (χ4n) is 3.56. The first-order chi connectivity index (χ1) is 16.3. The number of benzene rings is 1. The van der Waals surface area contributed by atoms with E-state index in [9.17, 15) is 13.2 Å². The minimum Gasteiger partial charge on any atom is -0.381 e. The Bertz CT molecular complexity index is 1070. The number of hydrogen-bond donors (Lipinski definition) is 1. The summed E-state index contributed by atoms with van der Waals surface area (Å²) in [6, 6.07) is 9.87. The zero-order valence-corrected chi connectivity index (χ0v) is 18.6. The van der Waals surface area contributed by atoms with Gasteiger partial charge < -0.3 is 24.8 Å². The third-order valence-electron chi connectivity index (χ3n) is 5.47. The van der Waals surface area contributed by atoms with Crippen molar-refractivity contribution in [3.63, 3.8) is 0 Å². The molecule has 3 aromatic rings. The number of halogens is 3. The van der Waals surface area contributed by atoms with Crippen LogP contribution in [0.25, 0.3) is 11.6 Å². The van der Waals surface area contributed by atoms with E-state index >= 15 is 0 Å². The van der Waals surface area contributed by atoms with Crippen LogP contribution in [0.15, 0.2) is 34.9 Å². The van der Waals surface area contributed by atoms with Crippen molar-refractivity contribution in [1.82, 2.24) is 25.1 Å². The Balaban J connectivity index is 1.36. The molecule has 2 aromatic heterocycles. The molecule has 0 saturated carbocycles. The molecule has 4 rings (SSSR count). The van der Waals surface area contributed by atoms with E-state index in [4.69, 9.17) is 15.0 Å². The van der Waals surface area contributed by atoms with Gasteiger partial charge in [-0.3, -0.25) is 0 Å². The van der Waals surface area contributed by atoms with Crippen LogP contribution in [0.2, 0.25) is 0 Å². The Labute approximate surface area is 194 Å². The minimum absolute atomic E-state index is 0.0282. The molecule has 0 spiro atoms. The summed E-state index contributed by atoms with van der Waals surface area (Å²) >= 11 is 0. The molecule has 0 unspecified atom stereocenters. The van der Waals surface area contributed by atoms with E-state index in [0.29, 0.717) is 31.7 Å². The summed E-state index contributed by atoms with van der Waals surface area (Å²) in [6.45, 7) is 1.24. The maximum atomic E-state index is 12.2. The highest BCUT2D eigenvalue weighted by molar-refractivity contribution is 5.59. The third-order valence-corrected chi connectivity index (χ3v) is 5.47. The van der Waals surface area contributed by atoms with E-state index in [2.05, 4.69) is 25.1 Å². The molecule has 0 aliphatic carbocycles. The van der Waals surface area contributed by atoms with E-state index in [1.807, 2.05) is 42.3 Å². The first-order valence-corrected chi connectivity index (χ1v) is 10.8. The van der Waals surface area contributed by atoms with Crippen molar-refractivity contribution in [3.05, 3.63) is 30.3 Å². The van der Waals surface area contributed by atoms with Crippen LogP contribution in [0.1, 0.15) is 19.3 Å². The van der Waals surface area contributed by atoms with Crippen LogP contribution >= 0.6 is 0 Å². The second-order valence-corrected chi connectivity index (χ2v) is 7.98. The standard InChI is InChI=1S/C21H25F3N8O2/c1-31(15-5-3-2-4-6-15)19-27-16(26-18(25)29-19)17-28-20(34-30-17)32-10-7-14(8-11-32)13-33-12-9-21(22,23)24/h2-6,14H,7-13H2,1H3,(H2,25,26,27,29). The topological polar surface area (TPSA) is 119 Å². The van der Waals surface area contributed by atoms with Crippen LogP contribution in [-0.4, -0.2) is 64.6 Å². The van der Waals surface area contributed by atoms with Gasteiger partial charge in [-0.2, -0.15) is 33.1 Å². The van der Waals surface area contributed by atoms with Crippen LogP contribution in [0.4, 0.5) is 36.8 Å². The number of rotatable bonds is 8. The zero-order valence-electron chi connectivity index (χ0n) is 18.6. The Kier molecular flexibility index (Phi) is 7.10. The summed E-state index contributed by atoms with van der Waals surface area (Å²) < 4.78 is 47.2. The van der Waals surface area contributed by atoms with Crippen molar-refractivity contribution >= 4 is 23.6 Å². The molecule has 3 heterocycles. The van der Waals surface area contributed by atoms with E-state index in [0.717, 1.165) is 18.5 Å². The summed E-state index contributed by atoms with van der Waals surface area (Å²) in [5.41, 5.74) is 6.76. The smallest absolute Gasteiger partial charge is 0.381 e. The number of anilines is 4. The van der Waals surface area contributed by atoms with Gasteiger partial charge in [-0.1, -0.05) is 23.4 Å². The Morgan fingerprint density at radius 1 is 1.09 bits per heavy atom. The average Bonchev–Trinajstić information content (AvgIpc) is 3.32. The van der Waals surface area contributed by atoms with Gasteiger partial charge in [0, 0.05) is 32.4 Å². The molecular weight excluding hydrogens is 453 g/mol. The van der Waals surface area contributed by atoms with Crippen molar-refractivity contribution in [1.29, 1.82) is 0 Å². The third kappa shape index (κ3) is 6.10. The molecule has 0 amide bonds. The monoisotopic (exact) mass is 478 g/mol. The second kappa shape index (κ2) is 10.2. The second-order valence-electron chi connectivity index (χ2n) is 7.98. The lowest BCUT2D eigenvalue weighted by Crippen LogP contribution is -2.35. The lowest BCUT2D eigenvalue weighted by molar-refractivity contribution is -0.146. The quantitative estimate of drug-likeness (QED) is 0.482. The van der Waals surface area contributed by atoms with Gasteiger partial charge in [-0.25, -0.2) is 0 Å². The fourth-order valence-corrected chi connectivity index (χ4v) is 3.56. The van der Waals surface area contributed by atoms with Gasteiger partial charge in [0.05, 0.1) is 13.0 Å². The normalized spacial score (nSPS) is 15.0. The first-order valence-electron chi connectivity index (χ1n) is 10.8. The van der Waals surface area contributed by atoms with Crippen LogP contribution in [0.5, 0.6) is 0 Å². The van der Waals surface area contributed by atoms with E-state index in [1.54, 1.807) is 4.90 Å². The van der Waals surface area contributed by atoms with Crippen molar-refractivity contribution in [3.8, 4) is 11.6 Å². The maximum Gasteiger partial charge on any atom is 0.391 e. The predicted octanol–water partition coefficient (Wildman–Crippen LogP) is 3.46. The minimum atomic E-state index is -4.19.